The van der Waals surface area contributed by atoms with Crippen LogP contribution in [0.2, 0.25) is 10.0 Å². The zero-order chi connectivity index (χ0) is 12.4. The quantitative estimate of drug-likeness (QED) is 0.617. The molecule has 1 amide bonds. The first-order chi connectivity index (χ1) is 8.08. The van der Waals surface area contributed by atoms with E-state index in [4.69, 9.17) is 23.2 Å². The van der Waals surface area contributed by atoms with Crippen LogP contribution in [0.15, 0.2) is 24.5 Å². The molecule has 0 aliphatic heterocycles. The number of halogens is 3. The summed E-state index contributed by atoms with van der Waals surface area (Å²) >= 11 is 13.8. The van der Waals surface area contributed by atoms with Crippen molar-refractivity contribution >= 4 is 57.6 Å². The number of amides is 1. The van der Waals surface area contributed by atoms with Crippen molar-refractivity contribution in [3.05, 3.63) is 43.7 Å². The summed E-state index contributed by atoms with van der Waals surface area (Å²) in [7, 11) is 0. The van der Waals surface area contributed by atoms with E-state index >= 15 is 0 Å². The van der Waals surface area contributed by atoms with E-state index < -0.39 is 0 Å². The molecule has 0 aliphatic rings. The third-order valence-electron chi connectivity index (χ3n) is 1.97. The van der Waals surface area contributed by atoms with Crippen molar-refractivity contribution in [2.24, 2.45) is 0 Å². The van der Waals surface area contributed by atoms with Crippen LogP contribution in [0.1, 0.15) is 10.4 Å². The maximum atomic E-state index is 11.9. The van der Waals surface area contributed by atoms with Crippen LogP contribution in [0.5, 0.6) is 0 Å². The molecular weight excluding hydrogens is 376 g/mol. The number of H-pyrrole nitrogens is 1. The number of hydrogen-bond acceptors (Lipinski definition) is 2. The molecule has 0 fully saturated rings. The maximum absolute atomic E-state index is 11.9. The summed E-state index contributed by atoms with van der Waals surface area (Å²) in [5, 5.41) is 3.47. The number of nitrogens with zero attached hydrogens (tertiary/aromatic N) is 1. The molecule has 0 radical (unpaired) electrons. The van der Waals surface area contributed by atoms with Crippen LogP contribution >= 0.6 is 45.8 Å². The highest BCUT2D eigenvalue weighted by Gasteiger charge is 2.14. The highest BCUT2D eigenvalue weighted by molar-refractivity contribution is 14.1. The molecule has 0 unspecified atom stereocenters. The van der Waals surface area contributed by atoms with Crippen LogP contribution in [0.3, 0.4) is 0 Å². The van der Waals surface area contributed by atoms with Crippen molar-refractivity contribution in [3.63, 3.8) is 0 Å². The minimum Gasteiger partial charge on any atom is -0.331 e. The van der Waals surface area contributed by atoms with Gasteiger partial charge in [0.25, 0.3) is 5.91 Å². The minimum absolute atomic E-state index is 0.311. The Morgan fingerprint density at radius 1 is 1.41 bits per heavy atom. The molecule has 0 saturated carbocycles. The summed E-state index contributed by atoms with van der Waals surface area (Å²) in [6.45, 7) is 0. The zero-order valence-electron chi connectivity index (χ0n) is 8.30. The van der Waals surface area contributed by atoms with Gasteiger partial charge < -0.3 is 4.98 Å². The second kappa shape index (κ2) is 5.24. The standard InChI is InChI=1S/C10H6Cl2IN3O/c11-5-3-6(8(13)7(12)4-5)9(17)16-10-14-1-2-15-10/h1-4H,(H2,14,15,16,17). The number of nitrogens with one attached hydrogen (secondary N) is 2. The number of aromatic amines is 1. The van der Waals surface area contributed by atoms with E-state index in [1.165, 1.54) is 0 Å². The molecule has 1 heterocycles. The van der Waals surface area contributed by atoms with E-state index in [0.29, 0.717) is 25.1 Å². The van der Waals surface area contributed by atoms with Crippen molar-refractivity contribution in [3.8, 4) is 0 Å². The molecule has 17 heavy (non-hydrogen) atoms. The van der Waals surface area contributed by atoms with Gasteiger partial charge in [-0.25, -0.2) is 4.98 Å². The number of carbonyl (C=O) groups excluding carboxylic acids is 1. The number of imidazole rings is 1. The van der Waals surface area contributed by atoms with Crippen LogP contribution in [-0.2, 0) is 0 Å². The summed E-state index contributed by atoms with van der Waals surface area (Å²) in [5.74, 6) is 0.0654. The van der Waals surface area contributed by atoms with Gasteiger partial charge in [-0.3, -0.25) is 10.1 Å². The predicted molar refractivity (Wildman–Crippen MR) is 75.7 cm³/mol. The Labute approximate surface area is 121 Å². The van der Waals surface area contributed by atoms with E-state index in [0.717, 1.165) is 0 Å². The van der Waals surface area contributed by atoms with Crippen molar-refractivity contribution in [2.75, 3.05) is 5.32 Å². The molecule has 0 atom stereocenters. The first-order valence-corrected chi connectivity index (χ1v) is 6.36. The largest absolute Gasteiger partial charge is 0.331 e. The van der Waals surface area contributed by atoms with Gasteiger partial charge in [0.1, 0.15) is 0 Å². The van der Waals surface area contributed by atoms with Gasteiger partial charge in [-0.05, 0) is 34.7 Å². The van der Waals surface area contributed by atoms with Crippen molar-refractivity contribution < 1.29 is 4.79 Å². The van der Waals surface area contributed by atoms with E-state index in [9.17, 15) is 4.79 Å². The van der Waals surface area contributed by atoms with Crippen LogP contribution in [-0.4, -0.2) is 15.9 Å². The molecule has 1 aromatic carbocycles. The Balaban J connectivity index is 2.31. The van der Waals surface area contributed by atoms with Crippen LogP contribution in [0.25, 0.3) is 0 Å². The van der Waals surface area contributed by atoms with Gasteiger partial charge in [-0.2, -0.15) is 0 Å². The average Bonchev–Trinajstić information content (AvgIpc) is 2.76. The summed E-state index contributed by atoms with van der Waals surface area (Å²) < 4.78 is 0.651. The molecule has 0 bridgehead atoms. The highest BCUT2D eigenvalue weighted by Crippen LogP contribution is 2.27. The lowest BCUT2D eigenvalue weighted by Gasteiger charge is -2.06. The number of benzene rings is 1. The number of anilines is 1. The van der Waals surface area contributed by atoms with Crippen molar-refractivity contribution in [1.82, 2.24) is 9.97 Å². The third kappa shape index (κ3) is 2.91. The predicted octanol–water partition coefficient (Wildman–Crippen LogP) is 3.57. The average molecular weight is 382 g/mol. The topological polar surface area (TPSA) is 57.8 Å². The Morgan fingerprint density at radius 2 is 2.18 bits per heavy atom. The zero-order valence-corrected chi connectivity index (χ0v) is 12.0. The van der Waals surface area contributed by atoms with Gasteiger partial charge in [0.05, 0.1) is 10.6 Å². The second-order valence-electron chi connectivity index (χ2n) is 3.14. The van der Waals surface area contributed by atoms with E-state index in [1.54, 1.807) is 24.5 Å². The molecule has 88 valence electrons. The fourth-order valence-corrected chi connectivity index (χ4v) is 2.28. The molecule has 2 N–H and O–H groups in total. The molecule has 2 rings (SSSR count). The van der Waals surface area contributed by atoms with Crippen LogP contribution in [0.4, 0.5) is 5.95 Å². The lowest BCUT2D eigenvalue weighted by molar-refractivity contribution is 0.102. The van der Waals surface area contributed by atoms with Gasteiger partial charge >= 0.3 is 0 Å². The lowest BCUT2D eigenvalue weighted by Crippen LogP contribution is -2.14. The number of rotatable bonds is 2. The fraction of sp³-hybridized carbons (Fsp3) is 0. The maximum Gasteiger partial charge on any atom is 0.259 e. The van der Waals surface area contributed by atoms with E-state index in [2.05, 4.69) is 15.3 Å². The normalized spacial score (nSPS) is 10.3. The van der Waals surface area contributed by atoms with Gasteiger partial charge in [-0.1, -0.05) is 23.2 Å². The molecule has 7 heteroatoms. The van der Waals surface area contributed by atoms with Crippen LogP contribution < -0.4 is 5.32 Å². The molecular formula is C10H6Cl2IN3O. The molecule has 0 saturated heterocycles. The Morgan fingerprint density at radius 3 is 2.82 bits per heavy atom. The van der Waals surface area contributed by atoms with Gasteiger partial charge in [0.15, 0.2) is 0 Å². The van der Waals surface area contributed by atoms with Crippen LogP contribution in [0, 0.1) is 3.57 Å². The van der Waals surface area contributed by atoms with Crippen molar-refractivity contribution in [1.29, 1.82) is 0 Å². The molecule has 4 nitrogen and oxygen atoms in total. The van der Waals surface area contributed by atoms with Gasteiger partial charge in [0, 0.05) is 21.0 Å². The fourth-order valence-electron chi connectivity index (χ4n) is 1.23. The first-order valence-electron chi connectivity index (χ1n) is 4.53. The number of hydrogen-bond donors (Lipinski definition) is 2. The minimum atomic E-state index is -0.311. The van der Waals surface area contributed by atoms with Gasteiger partial charge in [-0.15, -0.1) is 0 Å². The van der Waals surface area contributed by atoms with E-state index in [-0.39, 0.29) is 5.91 Å². The van der Waals surface area contributed by atoms with Gasteiger partial charge in [0.2, 0.25) is 5.95 Å². The second-order valence-corrected chi connectivity index (χ2v) is 5.06. The Hall–Kier alpha value is -0.790. The number of carbonyl (C=O) groups is 1. The monoisotopic (exact) mass is 381 g/mol. The Kier molecular flexibility index (Phi) is 3.90. The molecule has 2 aromatic rings. The summed E-state index contributed by atoms with van der Waals surface area (Å²) in [6.07, 6.45) is 3.16. The lowest BCUT2D eigenvalue weighted by atomic mass is 10.2. The van der Waals surface area contributed by atoms with Crippen molar-refractivity contribution in [2.45, 2.75) is 0 Å². The molecule has 1 aromatic heterocycles. The Bertz CT molecular complexity index is 557. The third-order valence-corrected chi connectivity index (χ3v) is 3.97. The summed E-state index contributed by atoms with van der Waals surface area (Å²) in [4.78, 5) is 18.6. The molecule has 0 aliphatic carbocycles. The smallest absolute Gasteiger partial charge is 0.259 e. The van der Waals surface area contributed by atoms with E-state index in [1.807, 2.05) is 22.6 Å². The number of aromatic nitrogens is 2. The molecule has 0 spiro atoms. The summed E-state index contributed by atoms with van der Waals surface area (Å²) in [6, 6.07) is 3.15. The first kappa shape index (κ1) is 12.7. The summed E-state index contributed by atoms with van der Waals surface area (Å²) in [5.41, 5.74) is 0.416. The highest BCUT2D eigenvalue weighted by atomic mass is 127. The SMILES string of the molecule is O=C(Nc1ncc[nH]1)c1cc(Cl)cc(Cl)c1I.